The average molecular weight is 250 g/mol. The highest BCUT2D eigenvalue weighted by molar-refractivity contribution is 5.33. The normalized spacial score (nSPS) is 23.6. The van der Waals surface area contributed by atoms with Gasteiger partial charge in [-0.2, -0.15) is 0 Å². The quantitative estimate of drug-likeness (QED) is 0.864. The van der Waals surface area contributed by atoms with Gasteiger partial charge in [-0.05, 0) is 31.0 Å². The van der Waals surface area contributed by atoms with Crippen molar-refractivity contribution < 1.29 is 5.11 Å². The molecule has 0 aliphatic carbocycles. The second-order valence-electron chi connectivity index (χ2n) is 4.44. The maximum atomic E-state index is 10.7. The zero-order valence-corrected chi connectivity index (χ0v) is 12.0. The van der Waals surface area contributed by atoms with Gasteiger partial charge in [0.2, 0.25) is 0 Å². The number of nitrogens with one attached hydrogen (secondary N) is 1. The summed E-state index contributed by atoms with van der Waals surface area (Å²) >= 11 is 0. The van der Waals surface area contributed by atoms with Gasteiger partial charge in [0.1, 0.15) is 5.60 Å². The molecular formula is C15H26N2O. The van der Waals surface area contributed by atoms with Crippen molar-refractivity contribution in [1.82, 2.24) is 10.4 Å². The first-order chi connectivity index (χ1) is 8.69. The summed E-state index contributed by atoms with van der Waals surface area (Å²) in [6, 6.07) is 8.21. The van der Waals surface area contributed by atoms with Crippen molar-refractivity contribution in [3.63, 3.8) is 0 Å². The molecule has 102 valence electrons. The van der Waals surface area contributed by atoms with Gasteiger partial charge >= 0.3 is 0 Å². The third kappa shape index (κ3) is 3.10. The molecule has 0 amide bonds. The molecule has 1 heterocycles. The van der Waals surface area contributed by atoms with E-state index in [-0.39, 0.29) is 0 Å². The van der Waals surface area contributed by atoms with Crippen LogP contribution in [0.25, 0.3) is 0 Å². The number of hydrogen-bond acceptors (Lipinski definition) is 3. The van der Waals surface area contributed by atoms with Crippen LogP contribution in [0, 0.1) is 0 Å². The Morgan fingerprint density at radius 1 is 1.33 bits per heavy atom. The smallest absolute Gasteiger partial charge is 0.105 e. The van der Waals surface area contributed by atoms with Crippen LogP contribution in [-0.2, 0) is 12.0 Å². The molecule has 1 unspecified atom stereocenters. The lowest BCUT2D eigenvalue weighted by molar-refractivity contribution is 0.0399. The summed E-state index contributed by atoms with van der Waals surface area (Å²) in [5.41, 5.74) is 4.76. The Labute approximate surface area is 111 Å². The summed E-state index contributed by atoms with van der Waals surface area (Å²) in [5, 5.41) is 12.8. The maximum absolute atomic E-state index is 10.7. The van der Waals surface area contributed by atoms with Crippen molar-refractivity contribution in [1.29, 1.82) is 0 Å². The van der Waals surface area contributed by atoms with Gasteiger partial charge in [-0.1, -0.05) is 45.0 Å². The van der Waals surface area contributed by atoms with Gasteiger partial charge < -0.3 is 5.11 Å². The summed E-state index contributed by atoms with van der Waals surface area (Å²) in [4.78, 5) is 0. The number of hydrazine groups is 1. The van der Waals surface area contributed by atoms with Crippen LogP contribution in [0.2, 0.25) is 0 Å². The predicted octanol–water partition coefficient (Wildman–Crippen LogP) is 2.30. The van der Waals surface area contributed by atoms with Crippen LogP contribution < -0.4 is 5.43 Å². The zero-order valence-electron chi connectivity index (χ0n) is 12.0. The molecule has 0 saturated carbocycles. The van der Waals surface area contributed by atoms with Gasteiger partial charge in [0.25, 0.3) is 0 Å². The lowest BCUT2D eigenvalue weighted by Gasteiger charge is -2.26. The van der Waals surface area contributed by atoms with Gasteiger partial charge in [0.05, 0.1) is 0 Å². The highest BCUT2D eigenvalue weighted by atomic mass is 16.3. The number of aliphatic hydroxyl groups is 1. The summed E-state index contributed by atoms with van der Waals surface area (Å²) in [7, 11) is 1.90. The molecule has 0 radical (unpaired) electrons. The molecule has 2 rings (SSSR count). The van der Waals surface area contributed by atoms with E-state index in [2.05, 4.69) is 29.5 Å². The minimum absolute atomic E-state index is 0.667. The molecule has 1 aliphatic heterocycles. The number of aryl methyl sites for hydroxylation is 1. The van der Waals surface area contributed by atoms with Crippen LogP contribution in [0.1, 0.15) is 38.3 Å². The maximum Gasteiger partial charge on any atom is 0.105 e. The van der Waals surface area contributed by atoms with Crippen LogP contribution in [0.5, 0.6) is 0 Å². The minimum atomic E-state index is -0.685. The lowest BCUT2D eigenvalue weighted by atomic mass is 9.88. The molecule has 1 fully saturated rings. The number of nitrogens with zero attached hydrogens (tertiary/aromatic N) is 1. The first-order valence-corrected chi connectivity index (χ1v) is 6.92. The van der Waals surface area contributed by atoms with Crippen molar-refractivity contribution >= 4 is 0 Å². The molecule has 1 saturated heterocycles. The summed E-state index contributed by atoms with van der Waals surface area (Å²) in [6.45, 7) is 7.69. The van der Waals surface area contributed by atoms with Crippen LogP contribution in [0.15, 0.2) is 24.3 Å². The van der Waals surface area contributed by atoms with Crippen LogP contribution in [0.3, 0.4) is 0 Å². The summed E-state index contributed by atoms with van der Waals surface area (Å²) in [6.07, 6.45) is 1.77. The minimum Gasteiger partial charge on any atom is -0.384 e. The van der Waals surface area contributed by atoms with E-state index in [1.165, 1.54) is 5.56 Å². The third-order valence-corrected chi connectivity index (χ3v) is 3.46. The Hall–Kier alpha value is -0.900. The van der Waals surface area contributed by atoms with Crippen molar-refractivity contribution in [2.45, 2.75) is 39.2 Å². The number of benzene rings is 1. The van der Waals surface area contributed by atoms with Crippen molar-refractivity contribution in [3.05, 3.63) is 35.4 Å². The third-order valence-electron chi connectivity index (χ3n) is 3.46. The predicted molar refractivity (Wildman–Crippen MR) is 76.3 cm³/mol. The Bertz CT molecular complexity index is 367. The van der Waals surface area contributed by atoms with Crippen molar-refractivity contribution in [2.24, 2.45) is 0 Å². The van der Waals surface area contributed by atoms with Gasteiger partial charge in [0.15, 0.2) is 0 Å². The Morgan fingerprint density at radius 2 is 2.00 bits per heavy atom. The molecular weight excluding hydrogens is 224 g/mol. The molecule has 3 nitrogen and oxygen atoms in total. The highest BCUT2D eigenvalue weighted by Gasteiger charge is 2.38. The van der Waals surface area contributed by atoms with Gasteiger partial charge in [0, 0.05) is 13.1 Å². The molecule has 3 heteroatoms. The molecule has 0 spiro atoms. The molecule has 1 aromatic carbocycles. The molecule has 0 aromatic heterocycles. The first-order valence-electron chi connectivity index (χ1n) is 6.92. The number of rotatable bonds is 3. The molecule has 1 atom stereocenters. The fourth-order valence-corrected chi connectivity index (χ4v) is 2.49. The monoisotopic (exact) mass is 250 g/mol. The van der Waals surface area contributed by atoms with E-state index < -0.39 is 5.60 Å². The molecule has 18 heavy (non-hydrogen) atoms. The van der Waals surface area contributed by atoms with Gasteiger partial charge in [-0.25, -0.2) is 5.01 Å². The summed E-state index contributed by atoms with van der Waals surface area (Å²) in [5.74, 6) is 0. The molecule has 2 N–H and O–H groups in total. The SMILES string of the molecule is CC.CCc1ccccc1C1(O)CCN(NC)C1. The second kappa shape index (κ2) is 6.88. The second-order valence-corrected chi connectivity index (χ2v) is 4.44. The molecule has 0 bridgehead atoms. The lowest BCUT2D eigenvalue weighted by Crippen LogP contribution is -2.37. The van der Waals surface area contributed by atoms with E-state index in [1.54, 1.807) is 0 Å². The topological polar surface area (TPSA) is 35.5 Å². The molecule has 1 aliphatic rings. The number of hydrogen-bond donors (Lipinski definition) is 2. The van der Waals surface area contributed by atoms with E-state index in [0.29, 0.717) is 6.54 Å². The number of β-amino-alcohol motifs (C(OH)–C–C–N with tert-alkyl or cyclic N) is 1. The Balaban J connectivity index is 0.000000771. The zero-order chi connectivity index (χ0) is 13.6. The highest BCUT2D eigenvalue weighted by Crippen LogP contribution is 2.33. The van der Waals surface area contributed by atoms with Gasteiger partial charge in [-0.15, -0.1) is 0 Å². The van der Waals surface area contributed by atoms with Crippen molar-refractivity contribution in [3.8, 4) is 0 Å². The van der Waals surface area contributed by atoms with E-state index in [1.807, 2.05) is 33.0 Å². The average Bonchev–Trinajstić information content (AvgIpc) is 2.84. The van der Waals surface area contributed by atoms with E-state index in [4.69, 9.17) is 0 Å². The van der Waals surface area contributed by atoms with Gasteiger partial charge in [-0.3, -0.25) is 5.43 Å². The first kappa shape index (κ1) is 15.2. The van der Waals surface area contributed by atoms with Crippen LogP contribution in [0.4, 0.5) is 0 Å². The largest absolute Gasteiger partial charge is 0.384 e. The Kier molecular flexibility index (Phi) is 5.79. The van der Waals surface area contributed by atoms with Crippen LogP contribution in [-0.4, -0.2) is 30.3 Å². The standard InChI is InChI=1S/C13H20N2O.C2H6/c1-3-11-6-4-5-7-12(11)13(16)8-9-15(10-13)14-2;1-2/h4-7,14,16H,3,8-10H2,1-2H3;1-2H3. The van der Waals surface area contributed by atoms with Crippen molar-refractivity contribution in [2.75, 3.05) is 20.1 Å². The molecule has 1 aromatic rings. The van der Waals surface area contributed by atoms with E-state index in [0.717, 1.165) is 24.9 Å². The Morgan fingerprint density at radius 3 is 2.56 bits per heavy atom. The van der Waals surface area contributed by atoms with E-state index >= 15 is 0 Å². The fourth-order valence-electron chi connectivity index (χ4n) is 2.49. The van der Waals surface area contributed by atoms with E-state index in [9.17, 15) is 5.11 Å². The summed E-state index contributed by atoms with van der Waals surface area (Å²) < 4.78 is 0. The van der Waals surface area contributed by atoms with Crippen LogP contribution >= 0.6 is 0 Å². The fraction of sp³-hybridized carbons (Fsp3) is 0.600.